The fourth-order valence-corrected chi connectivity index (χ4v) is 2.37. The van der Waals surface area contributed by atoms with Gasteiger partial charge < -0.3 is 5.11 Å². The van der Waals surface area contributed by atoms with Crippen molar-refractivity contribution in [2.75, 3.05) is 0 Å². The van der Waals surface area contributed by atoms with E-state index in [1.54, 1.807) is 42.7 Å². The molecule has 122 valence electrons. The normalized spacial score (nSPS) is 11.5. The zero-order valence-electron chi connectivity index (χ0n) is 12.8. The van der Waals surface area contributed by atoms with Gasteiger partial charge in [0.2, 0.25) is 0 Å². The summed E-state index contributed by atoms with van der Waals surface area (Å²) in [4.78, 5) is 11.1. The monoisotopic (exact) mass is 328 g/mol. The first-order chi connectivity index (χ1) is 11.3. The third-order valence-electron chi connectivity index (χ3n) is 3.64. The third-order valence-corrected chi connectivity index (χ3v) is 3.64. The molecule has 0 amide bonds. The molecule has 0 aliphatic heterocycles. The van der Waals surface area contributed by atoms with Crippen molar-refractivity contribution < 1.29 is 18.7 Å². The van der Waals surface area contributed by atoms with Crippen LogP contribution in [0.1, 0.15) is 22.8 Å². The molecule has 24 heavy (non-hydrogen) atoms. The standard InChI is InChI=1S/C18H14F2N2O2/c1-18(19,20)15-6-3-7-16(9-15)22-11-14(10-21-22)12-4-2-5-13(8-12)17(23)24/h2-11H,1H3,(H,23,24). The summed E-state index contributed by atoms with van der Waals surface area (Å²) in [6, 6.07) is 12.4. The number of aromatic nitrogens is 2. The summed E-state index contributed by atoms with van der Waals surface area (Å²) in [6.45, 7) is 0.845. The van der Waals surface area contributed by atoms with Crippen molar-refractivity contribution in [3.05, 3.63) is 72.1 Å². The fourth-order valence-electron chi connectivity index (χ4n) is 2.37. The number of hydrogen-bond donors (Lipinski definition) is 1. The van der Waals surface area contributed by atoms with Crippen LogP contribution in [0.3, 0.4) is 0 Å². The van der Waals surface area contributed by atoms with Crippen LogP contribution in [0.25, 0.3) is 16.8 Å². The van der Waals surface area contributed by atoms with Gasteiger partial charge in [-0.05, 0) is 29.8 Å². The minimum atomic E-state index is -2.93. The Hall–Kier alpha value is -3.02. The summed E-state index contributed by atoms with van der Waals surface area (Å²) >= 11 is 0. The lowest BCUT2D eigenvalue weighted by Crippen LogP contribution is -2.07. The number of carbonyl (C=O) groups is 1. The number of rotatable bonds is 4. The highest BCUT2D eigenvalue weighted by Crippen LogP contribution is 2.28. The van der Waals surface area contributed by atoms with Crippen molar-refractivity contribution in [1.82, 2.24) is 9.78 Å². The first kappa shape index (κ1) is 15.9. The van der Waals surface area contributed by atoms with Gasteiger partial charge >= 0.3 is 5.97 Å². The Morgan fingerprint density at radius 2 is 1.88 bits per heavy atom. The van der Waals surface area contributed by atoms with Crippen LogP contribution in [0.15, 0.2) is 60.9 Å². The molecule has 0 atom stereocenters. The van der Waals surface area contributed by atoms with Crippen LogP contribution in [-0.2, 0) is 5.92 Å². The van der Waals surface area contributed by atoms with E-state index in [4.69, 9.17) is 5.11 Å². The Labute approximate surface area is 137 Å². The van der Waals surface area contributed by atoms with Crippen LogP contribution in [-0.4, -0.2) is 20.9 Å². The summed E-state index contributed by atoms with van der Waals surface area (Å²) < 4.78 is 28.4. The van der Waals surface area contributed by atoms with Gasteiger partial charge in [0.1, 0.15) is 0 Å². The zero-order chi connectivity index (χ0) is 17.3. The molecule has 0 unspecified atom stereocenters. The predicted octanol–water partition coefficient (Wildman–Crippen LogP) is 4.35. The second-order valence-corrected chi connectivity index (χ2v) is 5.50. The number of benzene rings is 2. The molecule has 1 heterocycles. The lowest BCUT2D eigenvalue weighted by Gasteiger charge is -2.11. The average Bonchev–Trinajstić information content (AvgIpc) is 3.04. The molecule has 0 bridgehead atoms. The minimum Gasteiger partial charge on any atom is -0.478 e. The van der Waals surface area contributed by atoms with Gasteiger partial charge in [0.25, 0.3) is 5.92 Å². The number of hydrogen-bond acceptors (Lipinski definition) is 2. The Kier molecular flexibility index (Phi) is 3.89. The molecule has 0 saturated carbocycles. The Bertz CT molecular complexity index is 898. The topological polar surface area (TPSA) is 55.1 Å². The van der Waals surface area contributed by atoms with E-state index in [9.17, 15) is 13.6 Å². The van der Waals surface area contributed by atoms with Crippen molar-refractivity contribution in [1.29, 1.82) is 0 Å². The van der Waals surface area contributed by atoms with Crippen molar-refractivity contribution in [2.24, 2.45) is 0 Å². The van der Waals surface area contributed by atoms with Gasteiger partial charge in [-0.1, -0.05) is 24.3 Å². The van der Waals surface area contributed by atoms with Crippen molar-refractivity contribution in [3.8, 4) is 16.8 Å². The number of halogens is 2. The van der Waals surface area contributed by atoms with E-state index in [0.717, 1.165) is 6.92 Å². The maximum atomic E-state index is 13.5. The van der Waals surface area contributed by atoms with E-state index in [1.165, 1.54) is 22.9 Å². The average molecular weight is 328 g/mol. The lowest BCUT2D eigenvalue weighted by molar-refractivity contribution is 0.0174. The minimum absolute atomic E-state index is 0.0927. The molecule has 3 rings (SSSR count). The molecule has 2 aromatic carbocycles. The van der Waals surface area contributed by atoms with Crippen LogP contribution in [0.5, 0.6) is 0 Å². The summed E-state index contributed by atoms with van der Waals surface area (Å²) in [5, 5.41) is 13.2. The first-order valence-corrected chi connectivity index (χ1v) is 7.22. The number of carboxylic acid groups (broad SMARTS) is 1. The van der Waals surface area contributed by atoms with Gasteiger partial charge in [-0.15, -0.1) is 0 Å². The molecule has 3 aromatic rings. The Balaban J connectivity index is 1.97. The van der Waals surface area contributed by atoms with Crippen molar-refractivity contribution in [3.63, 3.8) is 0 Å². The molecule has 0 aliphatic rings. The van der Waals surface area contributed by atoms with E-state index < -0.39 is 11.9 Å². The number of nitrogens with zero attached hydrogens (tertiary/aromatic N) is 2. The van der Waals surface area contributed by atoms with E-state index in [2.05, 4.69) is 5.10 Å². The molecular formula is C18H14F2N2O2. The second-order valence-electron chi connectivity index (χ2n) is 5.50. The first-order valence-electron chi connectivity index (χ1n) is 7.22. The predicted molar refractivity (Wildman–Crippen MR) is 85.5 cm³/mol. The van der Waals surface area contributed by atoms with Gasteiger partial charge in [0.15, 0.2) is 0 Å². The smallest absolute Gasteiger partial charge is 0.335 e. The fraction of sp³-hybridized carbons (Fsp3) is 0.111. The highest BCUT2D eigenvalue weighted by Gasteiger charge is 2.24. The highest BCUT2D eigenvalue weighted by molar-refractivity contribution is 5.89. The summed E-state index contributed by atoms with van der Waals surface area (Å²) in [6.07, 6.45) is 3.24. The maximum Gasteiger partial charge on any atom is 0.335 e. The maximum absolute atomic E-state index is 13.5. The van der Waals surface area contributed by atoms with Gasteiger partial charge in [0, 0.05) is 24.2 Å². The highest BCUT2D eigenvalue weighted by atomic mass is 19.3. The summed E-state index contributed by atoms with van der Waals surface area (Å²) in [5.74, 6) is -3.94. The van der Waals surface area contributed by atoms with Gasteiger partial charge in [-0.3, -0.25) is 0 Å². The molecule has 0 radical (unpaired) electrons. The van der Waals surface area contributed by atoms with Crippen LogP contribution in [0.4, 0.5) is 8.78 Å². The van der Waals surface area contributed by atoms with Crippen LogP contribution in [0.2, 0.25) is 0 Å². The molecule has 6 heteroatoms. The van der Waals surface area contributed by atoms with Crippen LogP contribution < -0.4 is 0 Å². The molecule has 4 nitrogen and oxygen atoms in total. The Morgan fingerprint density at radius 1 is 1.12 bits per heavy atom. The lowest BCUT2D eigenvalue weighted by atomic mass is 10.1. The van der Waals surface area contributed by atoms with E-state index in [1.807, 2.05) is 0 Å². The summed E-state index contributed by atoms with van der Waals surface area (Å²) in [7, 11) is 0. The summed E-state index contributed by atoms with van der Waals surface area (Å²) in [5.41, 5.74) is 1.98. The third kappa shape index (κ3) is 3.17. The Morgan fingerprint density at radius 3 is 2.58 bits per heavy atom. The quantitative estimate of drug-likeness (QED) is 0.775. The molecule has 0 saturated heterocycles. The molecule has 0 aliphatic carbocycles. The van der Waals surface area contributed by atoms with Crippen molar-refractivity contribution >= 4 is 5.97 Å². The van der Waals surface area contributed by atoms with Crippen LogP contribution in [0, 0.1) is 0 Å². The van der Waals surface area contributed by atoms with Crippen LogP contribution >= 0.6 is 0 Å². The van der Waals surface area contributed by atoms with Gasteiger partial charge in [-0.2, -0.15) is 5.10 Å². The molecule has 0 fully saturated rings. The SMILES string of the molecule is CC(F)(F)c1cccc(-n2cc(-c3cccc(C(=O)O)c3)cn2)c1. The molecular weight excluding hydrogens is 314 g/mol. The van der Waals surface area contributed by atoms with E-state index in [-0.39, 0.29) is 11.1 Å². The second kappa shape index (κ2) is 5.88. The van der Waals surface area contributed by atoms with E-state index >= 15 is 0 Å². The molecule has 0 spiro atoms. The largest absolute Gasteiger partial charge is 0.478 e. The number of aromatic carboxylic acids is 1. The number of carboxylic acids is 1. The van der Waals surface area contributed by atoms with Gasteiger partial charge in [0.05, 0.1) is 17.4 Å². The molecule has 1 aromatic heterocycles. The zero-order valence-corrected chi connectivity index (χ0v) is 12.8. The van der Waals surface area contributed by atoms with Gasteiger partial charge in [-0.25, -0.2) is 18.3 Å². The molecule has 1 N–H and O–H groups in total. The van der Waals surface area contributed by atoms with E-state index in [0.29, 0.717) is 16.8 Å². The number of alkyl halides is 2. The van der Waals surface area contributed by atoms with Crippen molar-refractivity contribution in [2.45, 2.75) is 12.8 Å².